The third-order valence-electron chi connectivity index (χ3n) is 8.95. The van der Waals surface area contributed by atoms with Crippen LogP contribution >= 0.6 is 11.3 Å². The summed E-state index contributed by atoms with van der Waals surface area (Å²) in [6.45, 7) is 25.9. The molecule has 0 spiro atoms. The van der Waals surface area contributed by atoms with Gasteiger partial charge in [0.2, 0.25) is 0 Å². The number of anilines is 1. The topological polar surface area (TPSA) is 53.4 Å². The molecular weight excluding hydrogens is 679 g/mol. The second kappa shape index (κ2) is 18.2. The molecule has 0 radical (unpaired) electrons. The molecule has 0 aliphatic carbocycles. The normalized spacial score (nSPS) is 12.8. The zero-order valence-corrected chi connectivity index (χ0v) is 35.7. The number of thiophene rings is 1. The average molecular weight is 740 g/mol. The van der Waals surface area contributed by atoms with Gasteiger partial charge in [0, 0.05) is 28.8 Å². The van der Waals surface area contributed by atoms with Crippen molar-refractivity contribution in [2.75, 3.05) is 32.5 Å². The van der Waals surface area contributed by atoms with Crippen LogP contribution in [0.5, 0.6) is 0 Å². The van der Waals surface area contributed by atoms with E-state index in [0.29, 0.717) is 6.04 Å². The van der Waals surface area contributed by atoms with Crippen LogP contribution in [-0.2, 0) is 16.2 Å². The van der Waals surface area contributed by atoms with E-state index in [1.54, 1.807) is 17.7 Å². The molecule has 6 rings (SSSR count). The number of aliphatic imine (C=N–C) groups is 1. The number of fused-ring (bicyclic) bond motifs is 1. The number of aromatic nitrogens is 2. The van der Waals surface area contributed by atoms with Gasteiger partial charge in [0.1, 0.15) is 12.1 Å². The Labute approximate surface area is 330 Å². The first-order chi connectivity index (χ1) is 25.3. The number of nitrogens with one attached hydrogen (secondary N) is 1. The first-order valence-electron chi connectivity index (χ1n) is 19.0. The van der Waals surface area contributed by atoms with Gasteiger partial charge in [-0.05, 0) is 89.7 Å². The fourth-order valence-electron chi connectivity index (χ4n) is 5.64. The highest BCUT2D eigenvalue weighted by atomic mass is 32.1. The van der Waals surface area contributed by atoms with Crippen molar-refractivity contribution in [3.05, 3.63) is 118 Å². The van der Waals surface area contributed by atoms with E-state index in [1.165, 1.54) is 39.0 Å². The van der Waals surface area contributed by atoms with Crippen LogP contribution in [0.2, 0.25) is 0 Å². The zero-order valence-electron chi connectivity index (χ0n) is 34.9. The van der Waals surface area contributed by atoms with E-state index in [0.717, 1.165) is 34.7 Å². The monoisotopic (exact) mass is 739 g/mol. The number of rotatable bonds is 5. The van der Waals surface area contributed by atoms with E-state index >= 15 is 0 Å². The Bertz CT molecular complexity index is 2070. The van der Waals surface area contributed by atoms with Crippen molar-refractivity contribution in [1.82, 2.24) is 14.9 Å². The maximum absolute atomic E-state index is 4.52. The summed E-state index contributed by atoms with van der Waals surface area (Å²) in [5, 5.41) is 5.58. The molecule has 5 aromatic rings. The molecule has 284 valence electrons. The number of hydrogen-bond acceptors (Lipinski definition) is 6. The van der Waals surface area contributed by atoms with Crippen molar-refractivity contribution in [3.8, 4) is 23.0 Å². The van der Waals surface area contributed by atoms with Crippen LogP contribution in [0.25, 0.3) is 26.9 Å². The van der Waals surface area contributed by atoms with Crippen molar-refractivity contribution < 1.29 is 0 Å². The Hall–Kier alpha value is -4.57. The first kappa shape index (κ1) is 42.2. The smallest absolute Gasteiger partial charge is 0.147 e. The largest absolute Gasteiger partial charge is 0.367 e. The Kier molecular flexibility index (Phi) is 14.2. The Balaban J connectivity index is 0.000000187. The van der Waals surface area contributed by atoms with Crippen molar-refractivity contribution in [3.63, 3.8) is 0 Å². The molecule has 1 N–H and O–H groups in total. The van der Waals surface area contributed by atoms with Crippen LogP contribution in [0.3, 0.4) is 0 Å². The van der Waals surface area contributed by atoms with Gasteiger partial charge in [0.15, 0.2) is 0 Å². The Morgan fingerprint density at radius 3 is 1.70 bits per heavy atom. The van der Waals surface area contributed by atoms with Crippen molar-refractivity contribution in [2.24, 2.45) is 4.99 Å². The SMILES string of the molecule is CC(C)(C)c1ccc(C2=CCN=C2)cc1.CC(C)Nc1ncnc2c(-c3ccc(C(C)(C)C)cc3)csc12.CN(C)CC#Cc1ccc(C(C)(C)C)cc1. The molecule has 3 aromatic carbocycles. The number of benzene rings is 3. The van der Waals surface area contributed by atoms with Crippen LogP contribution in [0.1, 0.15) is 104 Å². The standard InChI is InChI=1S/C19H23N3S.C15H21N.C14H17N/c1-12(2)22-18-17-16(20-11-21-18)15(10-23-17)13-6-8-14(9-7-13)19(3,4)5;1-15(2,3)14-10-8-13(9-11-14)7-6-12-16(4)5;1-14(2,3)13-6-4-11(5-7-13)12-8-9-15-10-12/h6-12H,1-5H3,(H,20,21,22);8-11H,12H2,1-5H3;4-8,10H,9H2,1-3H3. The molecule has 6 heteroatoms. The Morgan fingerprint density at radius 1 is 0.722 bits per heavy atom. The molecule has 5 nitrogen and oxygen atoms in total. The molecule has 1 aliphatic rings. The molecule has 2 aromatic heterocycles. The first-order valence-corrected chi connectivity index (χ1v) is 19.9. The summed E-state index contributed by atoms with van der Waals surface area (Å²) in [6.07, 6.45) is 5.75. The third kappa shape index (κ3) is 12.2. The fourth-order valence-corrected chi connectivity index (χ4v) is 6.63. The maximum Gasteiger partial charge on any atom is 0.147 e. The van der Waals surface area contributed by atoms with Gasteiger partial charge in [-0.1, -0.05) is 141 Å². The highest BCUT2D eigenvalue weighted by Crippen LogP contribution is 2.36. The highest BCUT2D eigenvalue weighted by Gasteiger charge is 2.17. The quantitative estimate of drug-likeness (QED) is 0.182. The summed E-state index contributed by atoms with van der Waals surface area (Å²) in [6, 6.07) is 26.5. The van der Waals surface area contributed by atoms with Crippen molar-refractivity contribution in [1.29, 1.82) is 0 Å². The molecule has 0 fully saturated rings. The zero-order chi connectivity index (χ0) is 39.7. The van der Waals surface area contributed by atoms with E-state index in [-0.39, 0.29) is 16.2 Å². The third-order valence-corrected chi connectivity index (χ3v) is 9.93. The summed E-state index contributed by atoms with van der Waals surface area (Å²) in [7, 11) is 4.05. The van der Waals surface area contributed by atoms with Crippen molar-refractivity contribution >= 4 is 39.2 Å². The molecular formula is C48H61N5S. The summed E-state index contributed by atoms with van der Waals surface area (Å²) in [5.41, 5.74) is 11.7. The predicted octanol–water partition coefficient (Wildman–Crippen LogP) is 11.8. The lowest BCUT2D eigenvalue weighted by Crippen LogP contribution is -2.11. The lowest BCUT2D eigenvalue weighted by molar-refractivity contribution is 0.464. The molecule has 0 atom stereocenters. The minimum atomic E-state index is 0.172. The van der Waals surface area contributed by atoms with Crippen LogP contribution in [-0.4, -0.2) is 54.3 Å². The summed E-state index contributed by atoms with van der Waals surface area (Å²) < 4.78 is 1.12. The number of nitrogens with zero attached hydrogens (tertiary/aromatic N) is 4. The predicted molar refractivity (Wildman–Crippen MR) is 237 cm³/mol. The number of hydrogen-bond donors (Lipinski definition) is 1. The molecule has 0 saturated carbocycles. The van der Waals surface area contributed by atoms with Crippen LogP contribution in [0.15, 0.2) is 95.6 Å². The molecule has 0 bridgehead atoms. The van der Waals surface area contributed by atoms with Crippen molar-refractivity contribution in [2.45, 2.75) is 98.4 Å². The fraction of sp³-hybridized carbons (Fsp3) is 0.396. The Morgan fingerprint density at radius 2 is 1.24 bits per heavy atom. The van der Waals surface area contributed by atoms with Gasteiger partial charge in [-0.3, -0.25) is 9.89 Å². The molecule has 0 amide bonds. The van der Waals surface area contributed by atoms with Crippen LogP contribution < -0.4 is 5.32 Å². The van der Waals surface area contributed by atoms with E-state index in [2.05, 4.69) is 197 Å². The van der Waals surface area contributed by atoms with Gasteiger partial charge in [-0.25, -0.2) is 9.97 Å². The summed E-state index contributed by atoms with van der Waals surface area (Å²) in [5.74, 6) is 7.22. The molecule has 3 heterocycles. The van der Waals surface area contributed by atoms with Gasteiger partial charge in [-0.15, -0.1) is 11.3 Å². The van der Waals surface area contributed by atoms with Gasteiger partial charge in [-0.2, -0.15) is 0 Å². The van der Waals surface area contributed by atoms with Gasteiger partial charge >= 0.3 is 0 Å². The molecule has 0 saturated heterocycles. The minimum Gasteiger partial charge on any atom is -0.367 e. The van der Waals surface area contributed by atoms with E-state index in [1.807, 2.05) is 20.3 Å². The minimum absolute atomic E-state index is 0.172. The lowest BCUT2D eigenvalue weighted by Gasteiger charge is -2.19. The summed E-state index contributed by atoms with van der Waals surface area (Å²) in [4.78, 5) is 15.2. The second-order valence-electron chi connectivity index (χ2n) is 17.5. The lowest BCUT2D eigenvalue weighted by atomic mass is 9.86. The molecule has 0 unspecified atom stereocenters. The van der Waals surface area contributed by atoms with Gasteiger partial charge in [0.25, 0.3) is 0 Å². The van der Waals surface area contributed by atoms with E-state index < -0.39 is 0 Å². The van der Waals surface area contributed by atoms with Gasteiger partial charge < -0.3 is 5.32 Å². The van der Waals surface area contributed by atoms with Crippen LogP contribution in [0.4, 0.5) is 5.82 Å². The molecule has 1 aliphatic heterocycles. The average Bonchev–Trinajstić information content (AvgIpc) is 3.80. The van der Waals surface area contributed by atoms with E-state index in [4.69, 9.17) is 0 Å². The maximum atomic E-state index is 4.52. The van der Waals surface area contributed by atoms with E-state index in [9.17, 15) is 0 Å². The highest BCUT2D eigenvalue weighted by molar-refractivity contribution is 7.18. The second-order valence-corrected chi connectivity index (χ2v) is 18.4. The van der Waals surface area contributed by atoms with Crippen LogP contribution in [0, 0.1) is 11.8 Å². The molecule has 54 heavy (non-hydrogen) atoms. The summed E-state index contributed by atoms with van der Waals surface area (Å²) >= 11 is 1.70. The van der Waals surface area contributed by atoms with Gasteiger partial charge in [0.05, 0.1) is 23.3 Å². The number of allylic oxidation sites excluding steroid dienone is 1.